The second kappa shape index (κ2) is 16.8. The van der Waals surface area contributed by atoms with Gasteiger partial charge < -0.3 is 19.2 Å². The van der Waals surface area contributed by atoms with Crippen LogP contribution in [0.4, 0.5) is 0 Å². The molecule has 0 atom stereocenters. The standard InChI is InChI=1S/K.Li.2H2O3Si.2H/c;;2*1-4(2)3;;/h;;2*1-2H;;. The van der Waals surface area contributed by atoms with Crippen LogP contribution in [0.25, 0.3) is 0 Å². The van der Waals surface area contributed by atoms with Gasteiger partial charge in [0.05, 0.1) is 0 Å². The second-order valence-electron chi connectivity index (χ2n) is 0.565. The van der Waals surface area contributed by atoms with Gasteiger partial charge in [-0.25, -0.2) is 0 Å². The fourth-order valence-electron chi connectivity index (χ4n) is 0. The summed E-state index contributed by atoms with van der Waals surface area (Å²) in [7, 11) is -6.26. The van der Waals surface area contributed by atoms with E-state index in [0.717, 1.165) is 0 Å². The molecule has 0 aromatic rings. The maximum absolute atomic E-state index is 8.74. The van der Waals surface area contributed by atoms with Gasteiger partial charge in [-0.3, -0.25) is 8.92 Å². The molecule has 0 amide bonds. The molecule has 0 aromatic heterocycles. The summed E-state index contributed by atoms with van der Waals surface area (Å²) in [5, 5.41) is 0. The van der Waals surface area contributed by atoms with Gasteiger partial charge in [0.1, 0.15) is 0 Å². The van der Waals surface area contributed by atoms with Crippen LogP contribution >= 0.6 is 0 Å². The first-order valence-electron chi connectivity index (χ1n) is 1.30. The molecule has 0 heterocycles. The Kier molecular flexibility index (Phi) is 37.9. The Labute approximate surface area is 115 Å². The van der Waals surface area contributed by atoms with E-state index in [4.69, 9.17) is 28.1 Å². The molecule has 0 aliphatic rings. The molecule has 52 valence electrons. The zero-order valence-corrected chi connectivity index (χ0v) is 5.61. The van der Waals surface area contributed by atoms with E-state index in [0.29, 0.717) is 0 Å². The van der Waals surface area contributed by atoms with E-state index >= 15 is 0 Å². The summed E-state index contributed by atoms with van der Waals surface area (Å²) in [6.07, 6.45) is 0. The molecular weight excluding hydrogens is 198 g/mol. The Hall–Kier alpha value is 1.47. The number of rotatable bonds is 0. The van der Waals surface area contributed by atoms with Crippen LogP contribution in [0.2, 0.25) is 0 Å². The first-order chi connectivity index (χ1) is 3.46. The quantitative estimate of drug-likeness (QED) is 0.295. The average molecular weight is 204 g/mol. The molecule has 0 aromatic carbocycles. The van der Waals surface area contributed by atoms with Gasteiger partial charge in [-0.1, -0.05) is 0 Å². The van der Waals surface area contributed by atoms with Crippen molar-refractivity contribution >= 4 is 88.6 Å². The minimum absolute atomic E-state index is 0. The van der Waals surface area contributed by atoms with Crippen molar-refractivity contribution in [1.29, 1.82) is 0 Å². The summed E-state index contributed by atoms with van der Waals surface area (Å²) in [6.45, 7) is 0. The van der Waals surface area contributed by atoms with Gasteiger partial charge in [-0.05, 0) is 0 Å². The average Bonchev–Trinajstić information content (AvgIpc) is 1.25. The van der Waals surface area contributed by atoms with Crippen LogP contribution in [0.3, 0.4) is 0 Å². The summed E-state index contributed by atoms with van der Waals surface area (Å²) in [6, 6.07) is 0. The van der Waals surface area contributed by atoms with Crippen molar-refractivity contribution < 1.29 is 28.1 Å². The maximum atomic E-state index is 8.74. The Morgan fingerprint density at radius 3 is 0.800 bits per heavy atom. The van der Waals surface area contributed by atoms with Crippen molar-refractivity contribution in [3.8, 4) is 0 Å². The van der Waals surface area contributed by atoms with Crippen LogP contribution in [-0.2, 0) is 8.92 Å². The van der Waals surface area contributed by atoms with Crippen LogP contribution < -0.4 is 0 Å². The molecule has 0 aliphatic carbocycles. The Morgan fingerprint density at radius 2 is 0.800 bits per heavy atom. The topological polar surface area (TPSA) is 115 Å². The van der Waals surface area contributed by atoms with Crippen molar-refractivity contribution in [2.24, 2.45) is 0 Å². The Bertz CT molecular complexity index is 73.7. The zero-order chi connectivity index (χ0) is 7.15. The SMILES string of the molecule is O=[Si](O)O.O=[Si](O)O.[KH].[LiH]. The summed E-state index contributed by atoms with van der Waals surface area (Å²) in [5.41, 5.74) is 0. The van der Waals surface area contributed by atoms with Gasteiger partial charge in [-0.15, -0.1) is 0 Å². The molecule has 0 radical (unpaired) electrons. The van der Waals surface area contributed by atoms with Gasteiger partial charge in [0.25, 0.3) is 0 Å². The molecule has 0 aliphatic heterocycles. The van der Waals surface area contributed by atoms with Gasteiger partial charge in [0.15, 0.2) is 0 Å². The van der Waals surface area contributed by atoms with Crippen LogP contribution in [0.1, 0.15) is 0 Å². The van der Waals surface area contributed by atoms with Crippen molar-refractivity contribution in [2.45, 2.75) is 0 Å². The van der Waals surface area contributed by atoms with E-state index in [1.807, 2.05) is 0 Å². The van der Waals surface area contributed by atoms with Gasteiger partial charge in [0.2, 0.25) is 0 Å². The molecule has 0 rings (SSSR count). The van der Waals surface area contributed by atoms with E-state index in [-0.39, 0.29) is 70.2 Å². The number of hydrogen-bond acceptors (Lipinski definition) is 2. The third-order valence-electron chi connectivity index (χ3n) is 0. The van der Waals surface area contributed by atoms with Crippen molar-refractivity contribution in [1.82, 2.24) is 0 Å². The first-order valence-corrected chi connectivity index (χ1v) is 3.91. The summed E-state index contributed by atoms with van der Waals surface area (Å²) >= 11 is 0. The van der Waals surface area contributed by atoms with Gasteiger partial charge in [-0.2, -0.15) is 0 Å². The van der Waals surface area contributed by atoms with Gasteiger partial charge >= 0.3 is 88.6 Å². The van der Waals surface area contributed by atoms with Gasteiger partial charge in [0, 0.05) is 0 Å². The molecule has 0 saturated heterocycles. The Morgan fingerprint density at radius 1 is 0.800 bits per heavy atom. The van der Waals surface area contributed by atoms with E-state index in [9.17, 15) is 0 Å². The predicted molar refractivity (Wildman–Crippen MR) is 36.1 cm³/mol. The van der Waals surface area contributed by atoms with Crippen molar-refractivity contribution in [3.05, 3.63) is 0 Å². The normalized spacial score (nSPS) is 4.80. The monoisotopic (exact) mass is 204 g/mol. The molecule has 0 spiro atoms. The summed E-state index contributed by atoms with van der Waals surface area (Å²) in [4.78, 5) is 28.6. The molecule has 6 nitrogen and oxygen atoms in total. The zero-order valence-electron chi connectivity index (χ0n) is 3.61. The van der Waals surface area contributed by atoms with E-state index < -0.39 is 18.3 Å². The first kappa shape index (κ1) is 22.5. The Balaban J connectivity index is -0.0000000300. The van der Waals surface area contributed by atoms with Crippen LogP contribution in [0.5, 0.6) is 0 Å². The molecule has 0 fully saturated rings. The summed E-state index contributed by atoms with van der Waals surface area (Å²) in [5.74, 6) is 0. The second-order valence-corrected chi connectivity index (χ2v) is 1.70. The third kappa shape index (κ3) is 315. The molecular formula is H6KLiO6Si2. The summed E-state index contributed by atoms with van der Waals surface area (Å²) < 4.78 is 17.5. The molecule has 0 unspecified atom stereocenters. The van der Waals surface area contributed by atoms with Crippen LogP contribution in [0, 0.1) is 0 Å². The van der Waals surface area contributed by atoms with Crippen LogP contribution in [-0.4, -0.2) is 108 Å². The predicted octanol–water partition coefficient (Wildman–Crippen LogP) is -4.52. The fourth-order valence-corrected chi connectivity index (χ4v) is 0. The minimum atomic E-state index is -3.13. The molecule has 0 bridgehead atoms. The van der Waals surface area contributed by atoms with Crippen molar-refractivity contribution in [2.75, 3.05) is 0 Å². The fraction of sp³-hybridized carbons (Fsp3) is 0. The van der Waals surface area contributed by atoms with Crippen LogP contribution in [0.15, 0.2) is 0 Å². The molecule has 10 heteroatoms. The molecule has 4 N–H and O–H groups in total. The van der Waals surface area contributed by atoms with E-state index in [1.165, 1.54) is 0 Å². The number of hydrogen-bond donors (Lipinski definition) is 4. The van der Waals surface area contributed by atoms with E-state index in [1.54, 1.807) is 0 Å². The molecule has 10 heavy (non-hydrogen) atoms. The van der Waals surface area contributed by atoms with Crippen molar-refractivity contribution in [3.63, 3.8) is 0 Å². The third-order valence-corrected chi connectivity index (χ3v) is 0. The van der Waals surface area contributed by atoms with E-state index in [2.05, 4.69) is 0 Å². The molecule has 0 saturated carbocycles.